The van der Waals surface area contributed by atoms with Gasteiger partial charge in [-0.05, 0) is 19.3 Å². The molecule has 10 heteroatoms. The molecule has 0 radical (unpaired) electrons. The topological polar surface area (TPSA) is 146 Å². The van der Waals surface area contributed by atoms with Crippen LogP contribution in [0.25, 0.3) is 0 Å². The van der Waals surface area contributed by atoms with Gasteiger partial charge in [0.15, 0.2) is 6.29 Å². The monoisotopic (exact) mass is 734 g/mol. The van der Waals surface area contributed by atoms with Crippen LogP contribution in [0.1, 0.15) is 187 Å². The van der Waals surface area contributed by atoms with Crippen molar-refractivity contribution >= 4 is 10.0 Å². The molecule has 1 aliphatic rings. The maximum Gasteiger partial charge on any atom is 0.212 e. The summed E-state index contributed by atoms with van der Waals surface area (Å²) in [5.41, 5.74) is 0. The first-order valence-corrected chi connectivity index (χ1v) is 22.5. The third kappa shape index (κ3) is 25.4. The van der Waals surface area contributed by atoms with Crippen molar-refractivity contribution in [3.63, 3.8) is 0 Å². The number of hydrogen-bond acceptors (Lipinski definition) is 8. The lowest BCUT2D eigenvalue weighted by Crippen LogP contribution is -2.52. The van der Waals surface area contributed by atoms with E-state index >= 15 is 0 Å². The lowest BCUT2D eigenvalue weighted by molar-refractivity contribution is -0.258. The van der Waals surface area contributed by atoms with Crippen LogP contribution in [0.3, 0.4) is 0 Å². The third-order valence-corrected chi connectivity index (χ3v) is 11.5. The number of rotatable bonds is 35. The van der Waals surface area contributed by atoms with E-state index in [1.54, 1.807) is 6.08 Å². The molecule has 1 rings (SSSR count). The van der Waals surface area contributed by atoms with Gasteiger partial charge in [0.05, 0.1) is 37.2 Å². The van der Waals surface area contributed by atoms with Gasteiger partial charge in [0.1, 0.15) is 12.2 Å². The molecule has 0 bridgehead atoms. The highest BCUT2D eigenvalue weighted by atomic mass is 32.2. The molecular weight excluding hydrogens is 655 g/mol. The Kier molecular flexibility index (Phi) is 30.3. The zero-order chi connectivity index (χ0) is 36.7. The van der Waals surface area contributed by atoms with E-state index < -0.39 is 53.4 Å². The van der Waals surface area contributed by atoms with Gasteiger partial charge in [-0.15, -0.1) is 0 Å². The Morgan fingerprint density at radius 1 is 0.720 bits per heavy atom. The molecule has 0 aliphatic carbocycles. The summed E-state index contributed by atoms with van der Waals surface area (Å²) >= 11 is 0. The van der Waals surface area contributed by atoms with Crippen molar-refractivity contribution in [2.75, 3.05) is 19.0 Å². The summed E-state index contributed by atoms with van der Waals surface area (Å²) in [5.74, 6) is -0.0197. The SMILES string of the molecule is CCCCCCCCCCCCC/C=C\C(O)C(CO[C@H]1CC(O)[C@H](O)C(CO)O1)NS(=O)(=O)CCCCCCCCCCCCCCCC. The van der Waals surface area contributed by atoms with E-state index in [4.69, 9.17) is 9.47 Å². The van der Waals surface area contributed by atoms with Crippen molar-refractivity contribution in [2.24, 2.45) is 0 Å². The molecule has 1 aliphatic heterocycles. The summed E-state index contributed by atoms with van der Waals surface area (Å²) in [4.78, 5) is 0. The van der Waals surface area contributed by atoms with E-state index in [1.807, 2.05) is 6.08 Å². The van der Waals surface area contributed by atoms with Gasteiger partial charge in [0, 0.05) is 6.42 Å². The van der Waals surface area contributed by atoms with Gasteiger partial charge < -0.3 is 29.9 Å². The van der Waals surface area contributed by atoms with Crippen LogP contribution in [0, 0.1) is 0 Å². The summed E-state index contributed by atoms with van der Waals surface area (Å²) in [6.45, 7) is 3.82. The van der Waals surface area contributed by atoms with E-state index in [1.165, 1.54) is 122 Å². The number of allylic oxidation sites excluding steroid dienone is 1. The quantitative estimate of drug-likeness (QED) is 0.0324. The van der Waals surface area contributed by atoms with Crippen molar-refractivity contribution in [1.29, 1.82) is 0 Å². The molecule has 9 nitrogen and oxygen atoms in total. The highest BCUT2D eigenvalue weighted by Gasteiger charge is 2.37. The number of hydrogen-bond donors (Lipinski definition) is 5. The second kappa shape index (κ2) is 31.9. The van der Waals surface area contributed by atoms with Gasteiger partial charge in [-0.2, -0.15) is 0 Å². The fourth-order valence-corrected chi connectivity index (χ4v) is 8.03. The lowest BCUT2D eigenvalue weighted by atomic mass is 10.0. The van der Waals surface area contributed by atoms with Crippen LogP contribution < -0.4 is 4.72 Å². The van der Waals surface area contributed by atoms with Gasteiger partial charge in [0.2, 0.25) is 10.0 Å². The zero-order valence-corrected chi connectivity index (χ0v) is 33.0. The largest absolute Gasteiger partial charge is 0.394 e. The fourth-order valence-electron chi connectivity index (χ4n) is 6.66. The first kappa shape index (κ1) is 47.4. The minimum atomic E-state index is -3.68. The number of aliphatic hydroxyl groups excluding tert-OH is 4. The molecule has 1 heterocycles. The molecular formula is C40H79NO8S. The predicted molar refractivity (Wildman–Crippen MR) is 206 cm³/mol. The molecule has 1 saturated heterocycles. The number of sulfonamides is 1. The average Bonchev–Trinajstić information content (AvgIpc) is 3.10. The highest BCUT2D eigenvalue weighted by molar-refractivity contribution is 7.89. The standard InChI is InChI=1S/C40H79NO8S/c1-3-5-7-9-11-13-15-17-19-21-23-25-27-29-31-50(46,47)41-35(34-48-39-32-37(44)40(45)38(33-42)49-39)36(43)30-28-26-24-22-20-18-16-14-12-10-8-6-4-2/h28,30,35-45H,3-27,29,31-34H2,1-2H3/b30-28-/t35?,36?,37?,38?,39-,40+/m1/s1. The lowest BCUT2D eigenvalue weighted by Gasteiger charge is -2.36. The second-order valence-corrected chi connectivity index (χ2v) is 16.7. The summed E-state index contributed by atoms with van der Waals surface area (Å²) < 4.78 is 40.1. The molecule has 1 fully saturated rings. The molecule has 50 heavy (non-hydrogen) atoms. The van der Waals surface area contributed by atoms with Crippen LogP contribution in [0.15, 0.2) is 12.2 Å². The molecule has 0 aromatic carbocycles. The van der Waals surface area contributed by atoms with Crippen molar-refractivity contribution < 1.29 is 38.3 Å². The Morgan fingerprint density at radius 3 is 1.62 bits per heavy atom. The minimum Gasteiger partial charge on any atom is -0.394 e. The van der Waals surface area contributed by atoms with E-state index in [2.05, 4.69) is 18.6 Å². The van der Waals surface area contributed by atoms with Crippen molar-refractivity contribution in [3.05, 3.63) is 12.2 Å². The normalized spacial score (nSPS) is 21.2. The average molecular weight is 734 g/mol. The van der Waals surface area contributed by atoms with Crippen LogP contribution in [0.2, 0.25) is 0 Å². The van der Waals surface area contributed by atoms with Crippen LogP contribution in [0.5, 0.6) is 0 Å². The number of unbranched alkanes of at least 4 members (excludes halogenated alkanes) is 24. The van der Waals surface area contributed by atoms with E-state index in [9.17, 15) is 28.8 Å². The number of nitrogens with one attached hydrogen (secondary N) is 1. The maximum atomic E-state index is 13.1. The Morgan fingerprint density at radius 2 is 1.16 bits per heavy atom. The van der Waals surface area contributed by atoms with E-state index in [0.29, 0.717) is 6.42 Å². The van der Waals surface area contributed by atoms with E-state index in [-0.39, 0.29) is 18.8 Å². The molecule has 0 saturated carbocycles. The summed E-state index contributed by atoms with van der Waals surface area (Å²) in [7, 11) is -3.68. The first-order chi connectivity index (χ1) is 24.2. The van der Waals surface area contributed by atoms with Crippen LogP contribution in [0.4, 0.5) is 0 Å². The van der Waals surface area contributed by atoms with Gasteiger partial charge in [-0.1, -0.05) is 174 Å². The molecule has 0 amide bonds. The van der Waals surface area contributed by atoms with Crippen molar-refractivity contribution in [1.82, 2.24) is 4.72 Å². The molecule has 298 valence electrons. The second-order valence-electron chi connectivity index (χ2n) is 14.8. The summed E-state index contributed by atoms with van der Waals surface area (Å²) in [5, 5.41) is 40.7. The van der Waals surface area contributed by atoms with E-state index in [0.717, 1.165) is 38.5 Å². The zero-order valence-electron chi connectivity index (χ0n) is 32.2. The Hall–Kier alpha value is -0.590. The molecule has 5 N–H and O–H groups in total. The van der Waals surface area contributed by atoms with Gasteiger partial charge in [-0.25, -0.2) is 13.1 Å². The first-order valence-electron chi connectivity index (χ1n) is 20.8. The van der Waals surface area contributed by atoms with Crippen molar-refractivity contribution in [3.8, 4) is 0 Å². The molecule has 0 spiro atoms. The minimum absolute atomic E-state index is 0.0197. The van der Waals surface area contributed by atoms with Crippen molar-refractivity contribution in [2.45, 2.75) is 224 Å². The van der Waals surface area contributed by atoms with Gasteiger partial charge >= 0.3 is 0 Å². The smallest absolute Gasteiger partial charge is 0.212 e. The summed E-state index contributed by atoms with van der Waals surface area (Å²) in [6.07, 6.45) is 29.5. The summed E-state index contributed by atoms with van der Waals surface area (Å²) in [6, 6.07) is -0.944. The van der Waals surface area contributed by atoms with Gasteiger partial charge in [0.25, 0.3) is 0 Å². The Balaban J connectivity index is 2.44. The molecule has 6 atom stereocenters. The molecule has 0 aromatic rings. The third-order valence-electron chi connectivity index (χ3n) is 9.99. The van der Waals surface area contributed by atoms with Crippen LogP contribution >= 0.6 is 0 Å². The predicted octanol–water partition coefficient (Wildman–Crippen LogP) is 8.22. The molecule has 0 aromatic heterocycles. The number of aliphatic hydroxyl groups is 4. The van der Waals surface area contributed by atoms with Crippen LogP contribution in [-0.2, 0) is 19.5 Å². The molecule has 4 unspecified atom stereocenters. The fraction of sp³-hybridized carbons (Fsp3) is 0.950. The maximum absolute atomic E-state index is 13.1. The Labute approximate surface area is 307 Å². The van der Waals surface area contributed by atoms with Gasteiger partial charge in [-0.3, -0.25) is 0 Å². The Bertz CT molecular complexity index is 889. The number of ether oxygens (including phenoxy) is 2. The van der Waals surface area contributed by atoms with Crippen LogP contribution in [-0.4, -0.2) is 84.6 Å². The highest BCUT2D eigenvalue weighted by Crippen LogP contribution is 2.22.